The highest BCUT2D eigenvalue weighted by Crippen LogP contribution is 2.18. The Bertz CT molecular complexity index is 949. The number of primary amides is 1. The summed E-state index contributed by atoms with van der Waals surface area (Å²) in [5.74, 6) is -1.00. The number of anilines is 1. The summed E-state index contributed by atoms with van der Waals surface area (Å²) in [5.41, 5.74) is 7.01. The van der Waals surface area contributed by atoms with Gasteiger partial charge < -0.3 is 11.1 Å². The third kappa shape index (κ3) is 4.72. The molecule has 0 spiro atoms. The first-order valence-electron chi connectivity index (χ1n) is 8.63. The fraction of sp³-hybridized carbons (Fsp3) is 0.263. The van der Waals surface area contributed by atoms with E-state index >= 15 is 0 Å². The summed E-state index contributed by atoms with van der Waals surface area (Å²) in [6.45, 7) is 1.15. The molecular weight excluding hydrogens is 366 g/mol. The minimum atomic E-state index is -3.32. The predicted octanol–water partition coefficient (Wildman–Crippen LogP) is 1.96. The highest BCUT2D eigenvalue weighted by molar-refractivity contribution is 7.88. The van der Waals surface area contributed by atoms with Crippen LogP contribution in [0.4, 0.5) is 5.69 Å². The van der Waals surface area contributed by atoms with Gasteiger partial charge in [0.1, 0.15) is 0 Å². The van der Waals surface area contributed by atoms with E-state index in [0.717, 1.165) is 12.8 Å². The summed E-state index contributed by atoms with van der Waals surface area (Å²) in [4.78, 5) is 23.6. The van der Waals surface area contributed by atoms with Crippen LogP contribution in [0, 0.1) is 0 Å². The summed E-state index contributed by atoms with van der Waals surface area (Å²) in [7, 11) is -3.32. The second kappa shape index (κ2) is 7.89. The Morgan fingerprint density at radius 2 is 1.67 bits per heavy atom. The van der Waals surface area contributed by atoms with Crippen LogP contribution in [0.1, 0.15) is 39.1 Å². The van der Waals surface area contributed by atoms with Crippen molar-refractivity contribution in [1.29, 1.82) is 0 Å². The molecule has 0 bridgehead atoms. The molecular formula is C19H21N3O4S. The van der Waals surface area contributed by atoms with Crippen molar-refractivity contribution in [2.45, 2.75) is 18.6 Å². The van der Waals surface area contributed by atoms with Crippen molar-refractivity contribution >= 4 is 27.5 Å². The van der Waals surface area contributed by atoms with Gasteiger partial charge in [0.2, 0.25) is 15.9 Å². The van der Waals surface area contributed by atoms with Gasteiger partial charge in [0.05, 0.1) is 5.75 Å². The lowest BCUT2D eigenvalue weighted by Crippen LogP contribution is -2.29. The first kappa shape index (κ1) is 19.1. The van der Waals surface area contributed by atoms with E-state index in [4.69, 9.17) is 5.73 Å². The van der Waals surface area contributed by atoms with Gasteiger partial charge >= 0.3 is 0 Å². The minimum Gasteiger partial charge on any atom is -0.366 e. The predicted molar refractivity (Wildman–Crippen MR) is 103 cm³/mol. The molecule has 3 rings (SSSR count). The van der Waals surface area contributed by atoms with E-state index in [1.165, 1.54) is 10.4 Å². The van der Waals surface area contributed by atoms with Crippen molar-refractivity contribution < 1.29 is 18.0 Å². The number of nitrogens with two attached hydrogens (primary N) is 1. The summed E-state index contributed by atoms with van der Waals surface area (Å²) in [5, 5.41) is 2.69. The highest BCUT2D eigenvalue weighted by atomic mass is 32.2. The number of sulfonamides is 1. The highest BCUT2D eigenvalue weighted by Gasteiger charge is 2.25. The van der Waals surface area contributed by atoms with E-state index in [1.807, 2.05) is 0 Å². The monoisotopic (exact) mass is 387 g/mol. The van der Waals surface area contributed by atoms with Crippen molar-refractivity contribution in [3.05, 3.63) is 65.2 Å². The second-order valence-corrected chi connectivity index (χ2v) is 8.43. The molecule has 8 heteroatoms. The molecule has 0 atom stereocenters. The van der Waals surface area contributed by atoms with Crippen molar-refractivity contribution in [1.82, 2.24) is 4.31 Å². The van der Waals surface area contributed by atoms with Gasteiger partial charge in [-0.1, -0.05) is 18.2 Å². The summed E-state index contributed by atoms with van der Waals surface area (Å²) in [6.07, 6.45) is 1.80. The maximum atomic E-state index is 12.4. The van der Waals surface area contributed by atoms with Crippen molar-refractivity contribution in [2.75, 3.05) is 18.4 Å². The fourth-order valence-electron chi connectivity index (χ4n) is 2.97. The number of hydrogen-bond donors (Lipinski definition) is 2. The quantitative estimate of drug-likeness (QED) is 0.789. The van der Waals surface area contributed by atoms with E-state index in [-0.39, 0.29) is 11.7 Å². The molecule has 0 unspecified atom stereocenters. The molecule has 7 nitrogen and oxygen atoms in total. The Morgan fingerprint density at radius 3 is 2.30 bits per heavy atom. The van der Waals surface area contributed by atoms with Crippen LogP contribution >= 0.6 is 0 Å². The molecule has 0 radical (unpaired) electrons. The van der Waals surface area contributed by atoms with Crippen LogP contribution in [-0.2, 0) is 15.8 Å². The number of hydrogen-bond acceptors (Lipinski definition) is 4. The van der Waals surface area contributed by atoms with E-state index in [2.05, 4.69) is 5.32 Å². The van der Waals surface area contributed by atoms with Gasteiger partial charge in [-0.3, -0.25) is 9.59 Å². The number of amides is 2. The van der Waals surface area contributed by atoms with Crippen molar-refractivity contribution in [3.8, 4) is 0 Å². The number of nitrogens with zero attached hydrogens (tertiary/aromatic N) is 1. The van der Waals surface area contributed by atoms with Gasteiger partial charge in [-0.25, -0.2) is 12.7 Å². The molecule has 0 aromatic heterocycles. The third-order valence-corrected chi connectivity index (χ3v) is 6.28. The van der Waals surface area contributed by atoms with Crippen LogP contribution < -0.4 is 11.1 Å². The zero-order chi connectivity index (χ0) is 19.4. The molecule has 2 aromatic carbocycles. The van der Waals surface area contributed by atoms with Crippen LogP contribution in [0.25, 0.3) is 0 Å². The minimum absolute atomic E-state index is 0.0739. The van der Waals surface area contributed by atoms with E-state index < -0.39 is 15.9 Å². The second-order valence-electron chi connectivity index (χ2n) is 6.46. The third-order valence-electron chi connectivity index (χ3n) is 4.43. The maximum Gasteiger partial charge on any atom is 0.255 e. The van der Waals surface area contributed by atoms with Crippen LogP contribution in [0.5, 0.6) is 0 Å². The first-order chi connectivity index (χ1) is 12.8. The van der Waals surface area contributed by atoms with Crippen LogP contribution in [0.15, 0.2) is 48.5 Å². The largest absolute Gasteiger partial charge is 0.366 e. The number of benzene rings is 2. The van der Waals surface area contributed by atoms with Crippen LogP contribution in [-0.4, -0.2) is 37.6 Å². The molecule has 2 amide bonds. The average molecular weight is 387 g/mol. The molecule has 1 aliphatic heterocycles. The summed E-state index contributed by atoms with van der Waals surface area (Å²) in [6, 6.07) is 12.8. The molecule has 3 N–H and O–H groups in total. The molecule has 1 heterocycles. The lowest BCUT2D eigenvalue weighted by molar-refractivity contribution is 0.0996. The van der Waals surface area contributed by atoms with E-state index in [0.29, 0.717) is 35.5 Å². The van der Waals surface area contributed by atoms with Gasteiger partial charge in [0, 0.05) is 29.9 Å². The van der Waals surface area contributed by atoms with Crippen LogP contribution in [0.2, 0.25) is 0 Å². The Morgan fingerprint density at radius 1 is 1.00 bits per heavy atom. The van der Waals surface area contributed by atoms with Crippen LogP contribution in [0.3, 0.4) is 0 Å². The summed E-state index contributed by atoms with van der Waals surface area (Å²) < 4.78 is 26.2. The molecule has 27 heavy (non-hydrogen) atoms. The van der Waals surface area contributed by atoms with E-state index in [1.54, 1.807) is 42.5 Å². The number of carbonyl (C=O) groups is 2. The lowest BCUT2D eigenvalue weighted by Gasteiger charge is -2.15. The Hall–Kier alpha value is -2.71. The smallest absolute Gasteiger partial charge is 0.255 e. The molecule has 2 aromatic rings. The molecule has 142 valence electrons. The lowest BCUT2D eigenvalue weighted by atomic mass is 10.1. The molecule has 1 saturated heterocycles. The van der Waals surface area contributed by atoms with Gasteiger partial charge in [0.15, 0.2) is 0 Å². The summed E-state index contributed by atoms with van der Waals surface area (Å²) >= 11 is 0. The Balaban J connectivity index is 1.67. The van der Waals surface area contributed by atoms with Gasteiger partial charge in [-0.05, 0) is 48.7 Å². The maximum absolute atomic E-state index is 12.4. The molecule has 0 saturated carbocycles. The topological polar surface area (TPSA) is 110 Å². The van der Waals surface area contributed by atoms with Crippen molar-refractivity contribution in [2.24, 2.45) is 5.73 Å². The fourth-order valence-corrected chi connectivity index (χ4v) is 4.58. The molecule has 0 aliphatic carbocycles. The normalized spacial score (nSPS) is 14.8. The van der Waals surface area contributed by atoms with Gasteiger partial charge in [-0.15, -0.1) is 0 Å². The zero-order valence-corrected chi connectivity index (χ0v) is 15.5. The first-order valence-corrected chi connectivity index (χ1v) is 10.2. The van der Waals surface area contributed by atoms with E-state index in [9.17, 15) is 18.0 Å². The Kier molecular flexibility index (Phi) is 5.57. The van der Waals surface area contributed by atoms with Gasteiger partial charge in [-0.2, -0.15) is 0 Å². The van der Waals surface area contributed by atoms with Gasteiger partial charge in [0.25, 0.3) is 5.91 Å². The zero-order valence-electron chi connectivity index (χ0n) is 14.7. The number of rotatable bonds is 6. The van der Waals surface area contributed by atoms with Crippen molar-refractivity contribution in [3.63, 3.8) is 0 Å². The Labute approximate surface area is 158 Å². The number of nitrogens with one attached hydrogen (secondary N) is 1. The SMILES string of the molecule is NC(=O)c1cccc(NC(=O)c2ccc(CS(=O)(=O)N3CCCC3)cc2)c1. The number of carbonyl (C=O) groups excluding carboxylic acids is 2. The standard InChI is InChI=1S/C19H21N3O4S/c20-18(23)16-4-3-5-17(12-16)21-19(24)15-8-6-14(7-9-15)13-27(25,26)22-10-1-2-11-22/h3-9,12H,1-2,10-11,13H2,(H2,20,23)(H,21,24). The molecule has 1 fully saturated rings. The average Bonchev–Trinajstić information content (AvgIpc) is 3.18. The molecule has 1 aliphatic rings.